The van der Waals surface area contributed by atoms with Gasteiger partial charge in [0.15, 0.2) is 0 Å². The number of nitrogens with one attached hydrogen (secondary N) is 1. The normalized spacial score (nSPS) is 31.6. The molecule has 3 nitrogen and oxygen atoms in total. The Morgan fingerprint density at radius 3 is 3.21 bits per heavy atom. The summed E-state index contributed by atoms with van der Waals surface area (Å²) in [6.45, 7) is 4.31. The van der Waals surface area contributed by atoms with Crippen LogP contribution in [0, 0.1) is 17.3 Å². The Kier molecular flexibility index (Phi) is 3.05. The molecule has 1 amide bonds. The molecule has 1 heterocycles. The molecule has 1 aromatic heterocycles. The van der Waals surface area contributed by atoms with Crippen LogP contribution in [0.3, 0.4) is 0 Å². The molecular formula is C16H19NO2. The van der Waals surface area contributed by atoms with E-state index in [-0.39, 0.29) is 17.2 Å². The number of hydrogen-bond donors (Lipinski definition) is 1. The Morgan fingerprint density at radius 2 is 2.53 bits per heavy atom. The molecule has 100 valence electrons. The van der Waals surface area contributed by atoms with Crippen LogP contribution < -0.4 is 5.32 Å². The molecule has 3 heteroatoms. The summed E-state index contributed by atoms with van der Waals surface area (Å²) in [5.74, 6) is 1.59. The molecule has 0 aliphatic heterocycles. The van der Waals surface area contributed by atoms with Crippen molar-refractivity contribution in [2.75, 3.05) is 0 Å². The average Bonchev–Trinajstić information content (AvgIpc) is 3.11. The molecule has 2 aliphatic carbocycles. The molecule has 0 radical (unpaired) electrons. The number of rotatable bonds is 5. The largest absolute Gasteiger partial charge is 0.467 e. The Balaban J connectivity index is 1.66. The summed E-state index contributed by atoms with van der Waals surface area (Å²) in [7, 11) is 0. The maximum Gasteiger partial charge on any atom is 0.224 e. The molecule has 19 heavy (non-hydrogen) atoms. The first-order valence-electron chi connectivity index (χ1n) is 6.84. The molecule has 2 bridgehead atoms. The van der Waals surface area contributed by atoms with Gasteiger partial charge in [0.2, 0.25) is 5.91 Å². The monoisotopic (exact) mass is 257 g/mol. The molecule has 0 saturated heterocycles. The van der Waals surface area contributed by atoms with E-state index in [4.69, 9.17) is 4.42 Å². The third-order valence-electron chi connectivity index (χ3n) is 4.43. The maximum absolute atomic E-state index is 12.4. The summed E-state index contributed by atoms with van der Waals surface area (Å²) in [5, 5.41) is 2.99. The van der Waals surface area contributed by atoms with Crippen molar-refractivity contribution in [1.29, 1.82) is 0 Å². The highest BCUT2D eigenvalue weighted by Gasteiger charge is 2.50. The van der Waals surface area contributed by atoms with Crippen molar-refractivity contribution in [2.45, 2.75) is 25.8 Å². The van der Waals surface area contributed by atoms with Gasteiger partial charge in [0, 0.05) is 11.3 Å². The number of hydrogen-bond acceptors (Lipinski definition) is 2. The fourth-order valence-corrected chi connectivity index (χ4v) is 3.55. The average molecular weight is 257 g/mol. The third-order valence-corrected chi connectivity index (χ3v) is 4.43. The van der Waals surface area contributed by atoms with Gasteiger partial charge in [-0.25, -0.2) is 0 Å². The highest BCUT2D eigenvalue weighted by molar-refractivity contribution is 5.80. The van der Waals surface area contributed by atoms with E-state index in [1.165, 1.54) is 0 Å². The lowest BCUT2D eigenvalue weighted by atomic mass is 9.75. The highest BCUT2D eigenvalue weighted by Crippen LogP contribution is 2.55. The summed E-state index contributed by atoms with van der Waals surface area (Å²) in [5.41, 5.74) is 0.0136. The number of carbonyl (C=O) groups excluding carboxylic acids is 1. The predicted octanol–water partition coefficient (Wildman–Crippen LogP) is 3.05. The van der Waals surface area contributed by atoms with Crippen LogP contribution in [0.2, 0.25) is 0 Å². The van der Waals surface area contributed by atoms with Crippen LogP contribution in [0.5, 0.6) is 0 Å². The predicted molar refractivity (Wildman–Crippen MR) is 73.2 cm³/mol. The minimum absolute atomic E-state index is 0.0136. The summed E-state index contributed by atoms with van der Waals surface area (Å²) in [6.07, 6.45) is 11.0. The van der Waals surface area contributed by atoms with Gasteiger partial charge in [0.25, 0.3) is 0 Å². The summed E-state index contributed by atoms with van der Waals surface area (Å²) < 4.78 is 5.24. The van der Waals surface area contributed by atoms with Crippen molar-refractivity contribution in [1.82, 2.24) is 5.32 Å². The molecule has 1 fully saturated rings. The van der Waals surface area contributed by atoms with E-state index in [2.05, 4.69) is 24.0 Å². The number of allylic oxidation sites excluding steroid dienone is 3. The number of amides is 1. The molecule has 1 aromatic rings. The fourth-order valence-electron chi connectivity index (χ4n) is 3.55. The molecule has 1 N–H and O–H groups in total. The van der Waals surface area contributed by atoms with Crippen LogP contribution in [-0.2, 0) is 11.3 Å². The van der Waals surface area contributed by atoms with Crippen LogP contribution in [-0.4, -0.2) is 5.91 Å². The lowest BCUT2D eigenvalue weighted by Crippen LogP contribution is -2.37. The third kappa shape index (κ3) is 2.14. The van der Waals surface area contributed by atoms with E-state index in [0.717, 1.165) is 25.0 Å². The number of carbonyl (C=O) groups is 1. The van der Waals surface area contributed by atoms with Gasteiger partial charge in [-0.1, -0.05) is 18.2 Å². The lowest BCUT2D eigenvalue weighted by Gasteiger charge is -2.30. The van der Waals surface area contributed by atoms with Crippen LogP contribution >= 0.6 is 0 Å². The van der Waals surface area contributed by atoms with Crippen molar-refractivity contribution >= 4 is 5.91 Å². The van der Waals surface area contributed by atoms with Gasteiger partial charge >= 0.3 is 0 Å². The Labute approximate surface area is 113 Å². The van der Waals surface area contributed by atoms with Crippen molar-refractivity contribution < 1.29 is 9.21 Å². The zero-order valence-corrected chi connectivity index (χ0v) is 11.0. The molecule has 0 aromatic carbocycles. The standard InChI is InChI=1S/C16H19NO2/c1-2-6-16-7-5-12(10-16)9-14(16)15(18)17-11-13-4-3-8-19-13/h2-5,7-8,12,14H,1,6,9-11H2,(H,17,18). The first-order valence-corrected chi connectivity index (χ1v) is 6.84. The number of furan rings is 1. The van der Waals surface area contributed by atoms with E-state index in [0.29, 0.717) is 12.5 Å². The second-order valence-corrected chi connectivity index (χ2v) is 5.63. The topological polar surface area (TPSA) is 42.2 Å². The minimum atomic E-state index is 0.0136. The van der Waals surface area contributed by atoms with E-state index in [1.807, 2.05) is 18.2 Å². The molecule has 3 atom stereocenters. The van der Waals surface area contributed by atoms with Gasteiger partial charge in [-0.05, 0) is 37.3 Å². The van der Waals surface area contributed by atoms with Gasteiger partial charge < -0.3 is 9.73 Å². The Hall–Kier alpha value is -1.77. The van der Waals surface area contributed by atoms with Crippen LogP contribution in [0.25, 0.3) is 0 Å². The second kappa shape index (κ2) is 4.72. The van der Waals surface area contributed by atoms with Gasteiger partial charge in [-0.2, -0.15) is 0 Å². The summed E-state index contributed by atoms with van der Waals surface area (Å²) >= 11 is 0. The SMILES string of the molecule is C=CCC12C=CC(CC1C(=O)NCc1ccco1)C2. The highest BCUT2D eigenvalue weighted by atomic mass is 16.3. The molecule has 0 spiro atoms. The lowest BCUT2D eigenvalue weighted by molar-refractivity contribution is -0.127. The molecule has 3 rings (SSSR count). The van der Waals surface area contributed by atoms with Crippen LogP contribution in [0.1, 0.15) is 25.0 Å². The van der Waals surface area contributed by atoms with Gasteiger partial charge in [0.05, 0.1) is 12.8 Å². The Bertz CT molecular complexity index is 503. The summed E-state index contributed by atoms with van der Waals surface area (Å²) in [4.78, 5) is 12.4. The van der Waals surface area contributed by atoms with Crippen LogP contribution in [0.15, 0.2) is 47.6 Å². The fraction of sp³-hybridized carbons (Fsp3) is 0.438. The molecule has 3 unspecified atom stereocenters. The van der Waals surface area contributed by atoms with E-state index in [1.54, 1.807) is 6.26 Å². The van der Waals surface area contributed by atoms with Crippen molar-refractivity contribution in [2.24, 2.45) is 17.3 Å². The second-order valence-electron chi connectivity index (χ2n) is 5.63. The smallest absolute Gasteiger partial charge is 0.224 e. The first-order chi connectivity index (χ1) is 9.23. The van der Waals surface area contributed by atoms with Crippen molar-refractivity contribution in [3.63, 3.8) is 0 Å². The minimum Gasteiger partial charge on any atom is -0.467 e. The maximum atomic E-state index is 12.4. The number of fused-ring (bicyclic) bond motifs is 2. The molecule has 2 aliphatic rings. The molecule has 1 saturated carbocycles. The summed E-state index contributed by atoms with van der Waals surface area (Å²) in [6, 6.07) is 3.71. The van der Waals surface area contributed by atoms with Crippen molar-refractivity contribution in [3.05, 3.63) is 49.0 Å². The van der Waals surface area contributed by atoms with Crippen LogP contribution in [0.4, 0.5) is 0 Å². The Morgan fingerprint density at radius 1 is 1.63 bits per heavy atom. The van der Waals surface area contributed by atoms with Gasteiger partial charge in [0.1, 0.15) is 5.76 Å². The van der Waals surface area contributed by atoms with E-state index < -0.39 is 0 Å². The molecular weight excluding hydrogens is 238 g/mol. The first kappa shape index (κ1) is 12.3. The van der Waals surface area contributed by atoms with Gasteiger partial charge in [-0.3, -0.25) is 4.79 Å². The van der Waals surface area contributed by atoms with E-state index in [9.17, 15) is 4.79 Å². The van der Waals surface area contributed by atoms with E-state index >= 15 is 0 Å². The van der Waals surface area contributed by atoms with Crippen molar-refractivity contribution in [3.8, 4) is 0 Å². The zero-order valence-electron chi connectivity index (χ0n) is 11.0. The zero-order chi connectivity index (χ0) is 13.3. The van der Waals surface area contributed by atoms with Gasteiger partial charge in [-0.15, -0.1) is 6.58 Å². The quantitative estimate of drug-likeness (QED) is 0.824.